The van der Waals surface area contributed by atoms with Gasteiger partial charge in [0.05, 0.1) is 17.7 Å². The summed E-state index contributed by atoms with van der Waals surface area (Å²) in [5.41, 5.74) is 2.06. The molecule has 2 aromatic heterocycles. The van der Waals surface area contributed by atoms with E-state index in [-0.39, 0.29) is 11.7 Å². The third-order valence-electron chi connectivity index (χ3n) is 5.84. The van der Waals surface area contributed by atoms with E-state index in [1.807, 2.05) is 42.3 Å². The van der Waals surface area contributed by atoms with Crippen molar-refractivity contribution in [3.63, 3.8) is 0 Å². The van der Waals surface area contributed by atoms with Crippen LogP contribution in [0, 0.1) is 5.82 Å². The number of hydrogen-bond acceptors (Lipinski definition) is 5. The van der Waals surface area contributed by atoms with Crippen molar-refractivity contribution in [2.75, 3.05) is 38.2 Å². The molecule has 32 heavy (non-hydrogen) atoms. The summed E-state index contributed by atoms with van der Waals surface area (Å²) >= 11 is 1.40. The molecule has 4 aromatic rings. The predicted octanol–water partition coefficient (Wildman–Crippen LogP) is 4.41. The summed E-state index contributed by atoms with van der Waals surface area (Å²) in [6, 6.07) is 16.4. The molecule has 2 aromatic carbocycles. The second-order valence-electron chi connectivity index (χ2n) is 7.73. The molecular weight excluding hydrogens is 427 g/mol. The number of fused-ring (bicyclic) bond motifs is 1. The number of thiophene rings is 1. The molecule has 1 saturated heterocycles. The number of para-hydroxylation sites is 2. The number of carbonyl (C=O) groups is 1. The van der Waals surface area contributed by atoms with Crippen LogP contribution in [0.25, 0.3) is 21.5 Å². The zero-order valence-electron chi connectivity index (χ0n) is 17.9. The number of rotatable bonds is 4. The maximum absolute atomic E-state index is 14.4. The summed E-state index contributed by atoms with van der Waals surface area (Å²) in [5, 5.41) is 5.30. The molecule has 1 amide bonds. The molecule has 3 heterocycles. The number of benzene rings is 2. The molecule has 0 bridgehead atoms. The Morgan fingerprint density at radius 1 is 1.06 bits per heavy atom. The third kappa shape index (κ3) is 3.50. The number of amides is 1. The van der Waals surface area contributed by atoms with Crippen LogP contribution in [-0.4, -0.2) is 53.9 Å². The first-order valence-corrected chi connectivity index (χ1v) is 11.3. The van der Waals surface area contributed by atoms with Crippen LogP contribution in [0.2, 0.25) is 0 Å². The van der Waals surface area contributed by atoms with E-state index in [0.29, 0.717) is 29.2 Å². The Morgan fingerprint density at radius 2 is 1.78 bits per heavy atom. The van der Waals surface area contributed by atoms with Gasteiger partial charge in [-0.1, -0.05) is 24.3 Å². The number of anilines is 1. The smallest absolute Gasteiger partial charge is 0.264 e. The Morgan fingerprint density at radius 3 is 2.53 bits per heavy atom. The van der Waals surface area contributed by atoms with Gasteiger partial charge >= 0.3 is 0 Å². The van der Waals surface area contributed by atoms with Crippen LogP contribution >= 0.6 is 11.3 Å². The highest BCUT2D eigenvalue weighted by Gasteiger charge is 2.26. The monoisotopic (exact) mass is 450 g/mol. The van der Waals surface area contributed by atoms with Gasteiger partial charge in [0.2, 0.25) is 0 Å². The highest BCUT2D eigenvalue weighted by Crippen LogP contribution is 2.35. The zero-order chi connectivity index (χ0) is 22.2. The van der Waals surface area contributed by atoms with Crippen molar-refractivity contribution in [3.05, 3.63) is 65.3 Å². The van der Waals surface area contributed by atoms with E-state index in [9.17, 15) is 9.18 Å². The van der Waals surface area contributed by atoms with Crippen LogP contribution in [-0.2, 0) is 7.05 Å². The Hall–Kier alpha value is -3.39. The fraction of sp³-hybridized carbons (Fsp3) is 0.250. The van der Waals surface area contributed by atoms with Crippen LogP contribution in [0.4, 0.5) is 10.1 Å². The Balaban J connectivity index is 1.37. The van der Waals surface area contributed by atoms with Crippen LogP contribution < -0.4 is 9.64 Å². The average Bonchev–Trinajstić information content (AvgIpc) is 3.40. The van der Waals surface area contributed by atoms with Gasteiger partial charge < -0.3 is 14.5 Å². The van der Waals surface area contributed by atoms with E-state index in [1.165, 1.54) is 17.4 Å². The quantitative estimate of drug-likeness (QED) is 0.462. The Bertz CT molecular complexity index is 1290. The summed E-state index contributed by atoms with van der Waals surface area (Å²) in [6.45, 7) is 2.73. The fourth-order valence-corrected chi connectivity index (χ4v) is 5.24. The first-order valence-electron chi connectivity index (χ1n) is 10.5. The van der Waals surface area contributed by atoms with Gasteiger partial charge in [-0.3, -0.25) is 9.48 Å². The van der Waals surface area contributed by atoms with Gasteiger partial charge in [0.15, 0.2) is 0 Å². The van der Waals surface area contributed by atoms with E-state index in [2.05, 4.69) is 10.00 Å². The number of ether oxygens (including phenoxy) is 1. The van der Waals surface area contributed by atoms with Gasteiger partial charge in [-0.2, -0.15) is 5.10 Å². The van der Waals surface area contributed by atoms with Gasteiger partial charge in [0.25, 0.3) is 5.91 Å². The minimum atomic E-state index is -0.320. The van der Waals surface area contributed by atoms with E-state index in [0.717, 1.165) is 34.7 Å². The number of methoxy groups -OCH3 is 1. The molecule has 0 radical (unpaired) electrons. The highest BCUT2D eigenvalue weighted by molar-refractivity contribution is 7.20. The number of piperazine rings is 1. The predicted molar refractivity (Wildman–Crippen MR) is 125 cm³/mol. The van der Waals surface area contributed by atoms with Crippen molar-refractivity contribution in [1.29, 1.82) is 0 Å². The minimum absolute atomic E-state index is 0.00496. The lowest BCUT2D eigenvalue weighted by Crippen LogP contribution is -2.48. The number of aromatic nitrogens is 2. The summed E-state index contributed by atoms with van der Waals surface area (Å²) in [7, 11) is 3.49. The molecule has 6 nitrogen and oxygen atoms in total. The van der Waals surface area contributed by atoms with Crippen molar-refractivity contribution in [2.24, 2.45) is 7.05 Å². The number of hydrogen-bond donors (Lipinski definition) is 0. The van der Waals surface area contributed by atoms with E-state index < -0.39 is 0 Å². The topological polar surface area (TPSA) is 50.6 Å². The van der Waals surface area contributed by atoms with Crippen molar-refractivity contribution < 1.29 is 13.9 Å². The first-order chi connectivity index (χ1) is 15.6. The number of halogens is 1. The van der Waals surface area contributed by atoms with Crippen molar-refractivity contribution in [1.82, 2.24) is 14.7 Å². The maximum atomic E-state index is 14.4. The number of aryl methyl sites for hydroxylation is 1. The molecule has 0 saturated carbocycles. The first kappa shape index (κ1) is 20.5. The van der Waals surface area contributed by atoms with Crippen LogP contribution in [0.1, 0.15) is 9.67 Å². The summed E-state index contributed by atoms with van der Waals surface area (Å²) in [4.78, 5) is 18.9. The Labute approximate surface area is 189 Å². The average molecular weight is 451 g/mol. The fourth-order valence-electron chi connectivity index (χ4n) is 4.20. The second kappa shape index (κ2) is 8.27. The molecule has 0 N–H and O–H groups in total. The normalized spacial score (nSPS) is 14.2. The molecule has 5 rings (SSSR count). The van der Waals surface area contributed by atoms with Crippen molar-refractivity contribution in [2.45, 2.75) is 0 Å². The van der Waals surface area contributed by atoms with E-state index >= 15 is 0 Å². The second-order valence-corrected chi connectivity index (χ2v) is 8.76. The molecular formula is C24H23FN4O2S. The summed E-state index contributed by atoms with van der Waals surface area (Å²) in [5.74, 6) is 0.523. The molecule has 164 valence electrons. The lowest BCUT2D eigenvalue weighted by molar-refractivity contribution is 0.0751. The van der Waals surface area contributed by atoms with Gasteiger partial charge in [0, 0.05) is 44.2 Å². The SMILES string of the molecule is COc1ccccc1N1CCN(C(=O)c2cc3c(-c4ccccc4F)nn(C)c3s2)CC1. The largest absolute Gasteiger partial charge is 0.495 e. The van der Waals surface area contributed by atoms with Gasteiger partial charge in [-0.25, -0.2) is 4.39 Å². The molecule has 8 heteroatoms. The molecule has 0 atom stereocenters. The van der Waals surface area contributed by atoms with Crippen molar-refractivity contribution >= 4 is 33.1 Å². The van der Waals surface area contributed by atoms with Crippen LogP contribution in [0.15, 0.2) is 54.6 Å². The van der Waals surface area contributed by atoms with E-state index in [1.54, 1.807) is 30.0 Å². The third-order valence-corrected chi connectivity index (χ3v) is 7.03. The molecule has 1 aliphatic heterocycles. The van der Waals surface area contributed by atoms with Crippen LogP contribution in [0.3, 0.4) is 0 Å². The van der Waals surface area contributed by atoms with Gasteiger partial charge in [0.1, 0.15) is 22.1 Å². The highest BCUT2D eigenvalue weighted by atomic mass is 32.1. The zero-order valence-corrected chi connectivity index (χ0v) is 18.7. The minimum Gasteiger partial charge on any atom is -0.495 e. The lowest BCUT2D eigenvalue weighted by Gasteiger charge is -2.36. The Kier molecular flexibility index (Phi) is 5.30. The van der Waals surface area contributed by atoms with E-state index in [4.69, 9.17) is 4.74 Å². The standard InChI is InChI=1S/C24H23FN4O2S/c1-27-24-17(22(26-27)16-7-3-4-8-18(16)25)15-21(32-24)23(30)29-13-11-28(12-14-29)19-9-5-6-10-20(19)31-2/h3-10,15H,11-14H2,1-2H3. The maximum Gasteiger partial charge on any atom is 0.264 e. The summed E-state index contributed by atoms with van der Waals surface area (Å²) in [6.07, 6.45) is 0. The molecule has 0 aliphatic carbocycles. The molecule has 1 aliphatic rings. The summed E-state index contributed by atoms with van der Waals surface area (Å²) < 4.78 is 21.6. The molecule has 0 spiro atoms. The molecule has 1 fully saturated rings. The van der Waals surface area contributed by atoms with Crippen molar-refractivity contribution in [3.8, 4) is 17.0 Å². The molecule has 0 unspecified atom stereocenters. The van der Waals surface area contributed by atoms with Crippen LogP contribution in [0.5, 0.6) is 5.75 Å². The number of carbonyl (C=O) groups excluding carboxylic acids is 1. The number of nitrogens with zero attached hydrogens (tertiary/aromatic N) is 4. The van der Waals surface area contributed by atoms with Gasteiger partial charge in [-0.15, -0.1) is 11.3 Å². The van der Waals surface area contributed by atoms with Gasteiger partial charge in [-0.05, 0) is 30.3 Å². The lowest BCUT2D eigenvalue weighted by atomic mass is 10.1.